The van der Waals surface area contributed by atoms with E-state index in [2.05, 4.69) is 104 Å². The van der Waals surface area contributed by atoms with Crippen molar-refractivity contribution in [3.05, 3.63) is 82.5 Å². The van der Waals surface area contributed by atoms with Crippen molar-refractivity contribution in [2.24, 2.45) is 5.41 Å². The van der Waals surface area contributed by atoms with Crippen molar-refractivity contribution in [2.45, 2.75) is 34.2 Å². The van der Waals surface area contributed by atoms with Crippen LogP contribution in [0.25, 0.3) is 23.3 Å². The number of benzene rings is 1. The lowest BCUT2D eigenvalue weighted by molar-refractivity contribution is 0.281. The first-order valence-corrected chi connectivity index (χ1v) is 11.7. The predicted octanol–water partition coefficient (Wildman–Crippen LogP) is 7.61. The molecule has 0 fully saturated rings. The highest BCUT2D eigenvalue weighted by atomic mass is 32.1. The second-order valence-corrected chi connectivity index (χ2v) is 9.30. The molecular formula is C28H31NOS. The Balaban J connectivity index is 1.57. The summed E-state index contributed by atoms with van der Waals surface area (Å²) in [4.78, 5) is 2.33. The van der Waals surface area contributed by atoms with Gasteiger partial charge in [0.05, 0.1) is 6.54 Å². The van der Waals surface area contributed by atoms with Crippen molar-refractivity contribution >= 4 is 23.5 Å². The minimum atomic E-state index is 0.0398. The van der Waals surface area contributed by atoms with Gasteiger partial charge in [-0.15, -0.1) is 0 Å². The molecule has 3 aromatic rings. The van der Waals surface area contributed by atoms with Gasteiger partial charge in [-0.1, -0.05) is 49.1 Å². The summed E-state index contributed by atoms with van der Waals surface area (Å²) in [7, 11) is 0. The van der Waals surface area contributed by atoms with Crippen LogP contribution in [0.2, 0.25) is 0 Å². The third kappa shape index (κ3) is 7.75. The number of nitrogens with zero attached hydrogens (tertiary/aromatic N) is 1. The third-order valence-corrected chi connectivity index (χ3v) is 5.39. The van der Waals surface area contributed by atoms with Crippen molar-refractivity contribution in [3.8, 4) is 23.0 Å². The molecule has 0 radical (unpaired) electrons. The van der Waals surface area contributed by atoms with Gasteiger partial charge in [0.15, 0.2) is 0 Å². The molecule has 31 heavy (non-hydrogen) atoms. The Labute approximate surface area is 190 Å². The zero-order chi connectivity index (χ0) is 22.1. The fourth-order valence-corrected chi connectivity index (χ4v) is 3.71. The lowest BCUT2D eigenvalue weighted by atomic mass is 9.98. The molecule has 0 atom stereocenters. The summed E-state index contributed by atoms with van der Waals surface area (Å²) in [5.74, 6) is 8.20. The number of thiophene rings is 1. The Kier molecular flexibility index (Phi) is 8.12. The van der Waals surface area contributed by atoms with Crippen molar-refractivity contribution in [2.75, 3.05) is 13.1 Å². The van der Waals surface area contributed by atoms with Gasteiger partial charge in [0.25, 0.3) is 0 Å². The largest absolute Gasteiger partial charge is 0.460 e. The zero-order valence-electron chi connectivity index (χ0n) is 18.9. The average Bonchev–Trinajstić information content (AvgIpc) is 3.43. The van der Waals surface area contributed by atoms with E-state index in [9.17, 15) is 0 Å². The Bertz CT molecular complexity index is 1070. The molecule has 3 heteroatoms. The summed E-state index contributed by atoms with van der Waals surface area (Å²) >= 11 is 1.72. The summed E-state index contributed by atoms with van der Waals surface area (Å²) in [6.07, 6.45) is 8.21. The van der Waals surface area contributed by atoms with Gasteiger partial charge in [0, 0.05) is 12.0 Å². The normalized spacial score (nSPS) is 12.0. The molecule has 2 heterocycles. The lowest BCUT2D eigenvalue weighted by Gasteiger charge is -2.16. The van der Waals surface area contributed by atoms with Crippen molar-refractivity contribution < 1.29 is 4.42 Å². The molecule has 3 rings (SSSR count). The van der Waals surface area contributed by atoms with Crippen LogP contribution >= 0.6 is 11.3 Å². The summed E-state index contributed by atoms with van der Waals surface area (Å²) < 4.78 is 6.03. The highest BCUT2D eigenvalue weighted by Crippen LogP contribution is 2.24. The Morgan fingerprint density at radius 3 is 2.68 bits per heavy atom. The monoisotopic (exact) mass is 429 g/mol. The Morgan fingerprint density at radius 2 is 1.94 bits per heavy atom. The van der Waals surface area contributed by atoms with Gasteiger partial charge in [0.1, 0.15) is 11.5 Å². The first kappa shape index (κ1) is 22.9. The zero-order valence-corrected chi connectivity index (χ0v) is 19.7. The van der Waals surface area contributed by atoms with Gasteiger partial charge >= 0.3 is 0 Å². The van der Waals surface area contributed by atoms with Gasteiger partial charge in [-0.2, -0.15) is 11.3 Å². The molecule has 0 bridgehead atoms. The number of allylic oxidation sites excluding steroid dienone is 1. The van der Waals surface area contributed by atoms with Crippen LogP contribution < -0.4 is 0 Å². The fraction of sp³-hybridized carbons (Fsp3) is 0.286. The van der Waals surface area contributed by atoms with Crippen LogP contribution in [0.3, 0.4) is 0 Å². The molecule has 2 aromatic heterocycles. The molecule has 1 aromatic carbocycles. The van der Waals surface area contributed by atoms with E-state index in [1.165, 1.54) is 16.7 Å². The lowest BCUT2D eigenvalue weighted by Crippen LogP contribution is -2.22. The van der Waals surface area contributed by atoms with Crippen LogP contribution in [-0.4, -0.2) is 18.0 Å². The summed E-state index contributed by atoms with van der Waals surface area (Å²) in [5, 5.41) is 4.28. The number of hydrogen-bond donors (Lipinski definition) is 0. The van der Waals surface area contributed by atoms with E-state index in [-0.39, 0.29) is 5.41 Å². The SMILES string of the molecule is CCN(C/C=C/C#CC(C)(C)C)Cc1ccc(/C=C/c2cccc(-c3ccsc3)c2)o1. The highest BCUT2D eigenvalue weighted by Gasteiger charge is 2.06. The molecule has 0 saturated heterocycles. The van der Waals surface area contributed by atoms with Crippen LogP contribution in [0.5, 0.6) is 0 Å². The van der Waals surface area contributed by atoms with E-state index in [0.717, 1.165) is 31.2 Å². The predicted molar refractivity (Wildman–Crippen MR) is 135 cm³/mol. The standard InChI is InChI=1S/C28H31NOS/c1-5-29(18-8-6-7-17-28(2,3)4)21-27-15-14-26(30-27)13-12-23-10-9-11-24(20-23)25-16-19-31-22-25/h6,8-16,19-20,22H,5,18,21H2,1-4H3/b8-6+,13-12+. The topological polar surface area (TPSA) is 16.4 Å². The maximum absolute atomic E-state index is 6.03. The molecule has 0 spiro atoms. The molecular weight excluding hydrogens is 398 g/mol. The molecule has 0 aliphatic heterocycles. The first-order valence-electron chi connectivity index (χ1n) is 10.7. The minimum absolute atomic E-state index is 0.0398. The van der Waals surface area contributed by atoms with Crippen molar-refractivity contribution in [1.82, 2.24) is 4.90 Å². The smallest absolute Gasteiger partial charge is 0.127 e. The Hall–Kier alpha value is -2.80. The van der Waals surface area contributed by atoms with Crippen molar-refractivity contribution in [1.29, 1.82) is 0 Å². The van der Waals surface area contributed by atoms with Crippen molar-refractivity contribution in [3.63, 3.8) is 0 Å². The van der Waals surface area contributed by atoms with E-state index < -0.39 is 0 Å². The molecule has 0 unspecified atom stereocenters. The third-order valence-electron chi connectivity index (χ3n) is 4.70. The molecule has 0 aliphatic rings. The quantitative estimate of drug-likeness (QED) is 0.343. The maximum Gasteiger partial charge on any atom is 0.127 e. The molecule has 0 aliphatic carbocycles. The van der Waals surface area contributed by atoms with Gasteiger partial charge in [0.2, 0.25) is 0 Å². The molecule has 2 nitrogen and oxygen atoms in total. The first-order chi connectivity index (χ1) is 14.9. The summed E-state index contributed by atoms with van der Waals surface area (Å²) in [5.41, 5.74) is 3.71. The maximum atomic E-state index is 6.03. The highest BCUT2D eigenvalue weighted by molar-refractivity contribution is 7.08. The van der Waals surface area contributed by atoms with Crippen LogP contribution in [0, 0.1) is 17.3 Å². The van der Waals surface area contributed by atoms with E-state index >= 15 is 0 Å². The molecule has 0 saturated carbocycles. The van der Waals surface area contributed by atoms with Gasteiger partial charge in [-0.3, -0.25) is 4.90 Å². The van der Waals surface area contributed by atoms with E-state index in [4.69, 9.17) is 4.42 Å². The van der Waals surface area contributed by atoms with E-state index in [0.29, 0.717) is 0 Å². The van der Waals surface area contributed by atoms with Crippen LogP contribution in [0.4, 0.5) is 0 Å². The summed E-state index contributed by atoms with van der Waals surface area (Å²) in [6, 6.07) is 14.8. The van der Waals surface area contributed by atoms with E-state index in [1.807, 2.05) is 18.2 Å². The fourth-order valence-electron chi connectivity index (χ4n) is 3.04. The minimum Gasteiger partial charge on any atom is -0.460 e. The van der Waals surface area contributed by atoms with Gasteiger partial charge in [-0.05, 0) is 91.2 Å². The number of likely N-dealkylation sites (N-methyl/N-ethyl adjacent to an activating group) is 1. The molecule has 0 amide bonds. The summed E-state index contributed by atoms with van der Waals surface area (Å²) in [6.45, 7) is 11.1. The molecule has 160 valence electrons. The second-order valence-electron chi connectivity index (χ2n) is 8.52. The number of hydrogen-bond acceptors (Lipinski definition) is 3. The second kappa shape index (κ2) is 11.0. The number of furan rings is 1. The van der Waals surface area contributed by atoms with Gasteiger partial charge in [-0.25, -0.2) is 0 Å². The number of rotatable bonds is 8. The molecule has 0 N–H and O–H groups in total. The van der Waals surface area contributed by atoms with Crippen LogP contribution in [0.15, 0.2) is 69.8 Å². The average molecular weight is 430 g/mol. The van der Waals surface area contributed by atoms with Gasteiger partial charge < -0.3 is 4.42 Å². The van der Waals surface area contributed by atoms with Crippen LogP contribution in [-0.2, 0) is 6.54 Å². The Morgan fingerprint density at radius 1 is 1.06 bits per heavy atom. The van der Waals surface area contributed by atoms with Crippen LogP contribution in [0.1, 0.15) is 44.8 Å². The van der Waals surface area contributed by atoms with E-state index in [1.54, 1.807) is 11.3 Å².